The topological polar surface area (TPSA) is 72.9 Å². The normalized spacial score (nSPS) is 27.5. The summed E-state index contributed by atoms with van der Waals surface area (Å²) < 4.78 is 10.5. The zero-order chi connectivity index (χ0) is 19.3. The van der Waals surface area contributed by atoms with Gasteiger partial charge in [-0.15, -0.1) is 13.2 Å². The lowest BCUT2D eigenvalue weighted by molar-refractivity contribution is -0.161. The van der Waals surface area contributed by atoms with Crippen LogP contribution in [0, 0.1) is 23.7 Å². The Labute approximate surface area is 153 Å². The molecular weight excluding hydrogens is 334 g/mol. The van der Waals surface area contributed by atoms with Gasteiger partial charge < -0.3 is 14.4 Å². The van der Waals surface area contributed by atoms with Crippen LogP contribution < -0.4 is 0 Å². The zero-order valence-corrected chi connectivity index (χ0v) is 15.1. The van der Waals surface area contributed by atoms with E-state index >= 15 is 0 Å². The van der Waals surface area contributed by atoms with Gasteiger partial charge in [-0.2, -0.15) is 0 Å². The highest BCUT2D eigenvalue weighted by molar-refractivity contribution is 5.93. The van der Waals surface area contributed by atoms with Crippen molar-refractivity contribution in [1.82, 2.24) is 4.90 Å². The predicted molar refractivity (Wildman–Crippen MR) is 96.6 cm³/mol. The van der Waals surface area contributed by atoms with Crippen LogP contribution in [0.1, 0.15) is 13.3 Å². The summed E-state index contributed by atoms with van der Waals surface area (Å²) in [4.78, 5) is 38.1. The van der Waals surface area contributed by atoms with Crippen LogP contribution >= 0.6 is 0 Å². The first-order valence-corrected chi connectivity index (χ1v) is 8.71. The third-order valence-electron chi connectivity index (χ3n) is 4.88. The summed E-state index contributed by atoms with van der Waals surface area (Å²) in [6.07, 6.45) is 6.99. The van der Waals surface area contributed by atoms with Gasteiger partial charge >= 0.3 is 11.9 Å². The van der Waals surface area contributed by atoms with Crippen LogP contribution in [0.25, 0.3) is 0 Å². The first kappa shape index (κ1) is 19.7. The van der Waals surface area contributed by atoms with Crippen LogP contribution in [0.2, 0.25) is 0 Å². The van der Waals surface area contributed by atoms with Crippen molar-refractivity contribution in [2.24, 2.45) is 23.7 Å². The molecule has 140 valence electrons. The van der Waals surface area contributed by atoms with Crippen LogP contribution in [-0.4, -0.2) is 42.5 Å². The summed E-state index contributed by atoms with van der Waals surface area (Å²) in [5.74, 6) is -2.74. The average molecular weight is 359 g/mol. The van der Waals surface area contributed by atoms with Gasteiger partial charge in [-0.05, 0) is 31.3 Å². The molecule has 2 aliphatic rings. The van der Waals surface area contributed by atoms with E-state index in [4.69, 9.17) is 9.47 Å². The highest BCUT2D eigenvalue weighted by Gasteiger charge is 2.50. The standard InChI is InChI=1S/C20H25NO5/c1-5-14-12-15(6-2)18(17(14)19(23)25-7-3)20(24)26-11-10-21-13(4)8-9-16(21)22/h5-6,8-9,14-15,17-18H,1-2,4,7,10-12H2,3H3. The van der Waals surface area contributed by atoms with E-state index in [2.05, 4.69) is 19.7 Å². The molecule has 1 aliphatic heterocycles. The molecule has 1 aliphatic carbocycles. The minimum atomic E-state index is -0.662. The fourth-order valence-corrected chi connectivity index (χ4v) is 3.58. The van der Waals surface area contributed by atoms with E-state index < -0.39 is 23.8 Å². The Balaban J connectivity index is 2.04. The van der Waals surface area contributed by atoms with Crippen molar-refractivity contribution < 1.29 is 23.9 Å². The Morgan fingerprint density at radius 3 is 2.19 bits per heavy atom. The van der Waals surface area contributed by atoms with Gasteiger partial charge in [0.05, 0.1) is 25.0 Å². The molecule has 26 heavy (non-hydrogen) atoms. The lowest BCUT2D eigenvalue weighted by Crippen LogP contribution is -2.35. The summed E-state index contributed by atoms with van der Waals surface area (Å²) in [6, 6.07) is 0. The Morgan fingerprint density at radius 1 is 1.15 bits per heavy atom. The molecular formula is C20H25NO5. The second-order valence-corrected chi connectivity index (χ2v) is 6.32. The molecule has 1 saturated carbocycles. The van der Waals surface area contributed by atoms with E-state index in [1.54, 1.807) is 25.2 Å². The minimum absolute atomic E-state index is 0.0277. The Hall–Kier alpha value is -2.63. The van der Waals surface area contributed by atoms with Crippen molar-refractivity contribution in [1.29, 1.82) is 0 Å². The third-order valence-corrected chi connectivity index (χ3v) is 4.88. The fraction of sp³-hybridized carbons (Fsp3) is 0.450. The van der Waals surface area contributed by atoms with Gasteiger partial charge in [0.2, 0.25) is 0 Å². The van der Waals surface area contributed by atoms with E-state index in [9.17, 15) is 14.4 Å². The Morgan fingerprint density at radius 2 is 1.73 bits per heavy atom. The quantitative estimate of drug-likeness (QED) is 0.491. The molecule has 0 spiro atoms. The van der Waals surface area contributed by atoms with Crippen LogP contribution in [-0.2, 0) is 23.9 Å². The molecule has 2 rings (SSSR count). The molecule has 0 radical (unpaired) electrons. The van der Waals surface area contributed by atoms with Gasteiger partial charge in [0.25, 0.3) is 5.91 Å². The van der Waals surface area contributed by atoms with Crippen LogP contribution in [0.3, 0.4) is 0 Å². The van der Waals surface area contributed by atoms with E-state index in [1.165, 1.54) is 11.0 Å². The molecule has 6 nitrogen and oxygen atoms in total. The first-order chi connectivity index (χ1) is 12.4. The number of allylic oxidation sites excluding steroid dienone is 3. The number of esters is 2. The minimum Gasteiger partial charge on any atom is -0.466 e. The molecule has 6 heteroatoms. The summed E-state index contributed by atoms with van der Waals surface area (Å²) in [7, 11) is 0. The molecule has 1 amide bonds. The van der Waals surface area contributed by atoms with E-state index in [1.807, 2.05) is 0 Å². The number of nitrogens with zero attached hydrogens (tertiary/aromatic N) is 1. The van der Waals surface area contributed by atoms with E-state index in [0.717, 1.165) is 0 Å². The van der Waals surface area contributed by atoms with Gasteiger partial charge in [0.1, 0.15) is 6.61 Å². The van der Waals surface area contributed by atoms with Gasteiger partial charge in [-0.25, -0.2) is 0 Å². The molecule has 0 bridgehead atoms. The Kier molecular flexibility index (Phi) is 6.55. The molecule has 1 fully saturated rings. The second-order valence-electron chi connectivity index (χ2n) is 6.32. The second kappa shape index (κ2) is 8.65. The lowest BCUT2D eigenvalue weighted by atomic mass is 9.87. The molecule has 0 aromatic heterocycles. The van der Waals surface area contributed by atoms with Gasteiger partial charge in [0.15, 0.2) is 0 Å². The molecule has 0 aromatic rings. The van der Waals surface area contributed by atoms with Crippen molar-refractivity contribution in [2.45, 2.75) is 13.3 Å². The van der Waals surface area contributed by atoms with E-state index in [-0.39, 0.29) is 37.5 Å². The smallest absolute Gasteiger partial charge is 0.310 e. The van der Waals surface area contributed by atoms with E-state index in [0.29, 0.717) is 12.1 Å². The molecule has 4 atom stereocenters. The van der Waals surface area contributed by atoms with Crippen LogP contribution in [0.4, 0.5) is 0 Å². The summed E-state index contributed by atoms with van der Waals surface area (Å²) in [6.45, 7) is 13.5. The van der Waals surface area contributed by atoms with Crippen LogP contribution in [0.15, 0.2) is 49.7 Å². The molecule has 0 aromatic carbocycles. The zero-order valence-electron chi connectivity index (χ0n) is 15.1. The third kappa shape index (κ3) is 3.95. The summed E-state index contributed by atoms with van der Waals surface area (Å²) >= 11 is 0. The number of carbonyl (C=O) groups is 3. The maximum atomic E-state index is 12.7. The van der Waals surface area contributed by atoms with Crippen molar-refractivity contribution in [3.8, 4) is 0 Å². The van der Waals surface area contributed by atoms with Crippen molar-refractivity contribution in [3.63, 3.8) is 0 Å². The predicted octanol–water partition coefficient (Wildman–Crippen LogP) is 2.25. The lowest BCUT2D eigenvalue weighted by Gasteiger charge is -2.23. The highest BCUT2D eigenvalue weighted by Crippen LogP contribution is 2.44. The van der Waals surface area contributed by atoms with Gasteiger partial charge in [-0.1, -0.05) is 18.7 Å². The highest BCUT2D eigenvalue weighted by atomic mass is 16.5. The van der Waals surface area contributed by atoms with Crippen LogP contribution in [0.5, 0.6) is 0 Å². The van der Waals surface area contributed by atoms with Crippen molar-refractivity contribution >= 4 is 17.8 Å². The van der Waals surface area contributed by atoms with Crippen molar-refractivity contribution in [3.05, 3.63) is 49.7 Å². The molecule has 0 saturated heterocycles. The summed E-state index contributed by atoms with van der Waals surface area (Å²) in [5, 5.41) is 0. The maximum Gasteiger partial charge on any atom is 0.310 e. The number of carbonyl (C=O) groups excluding carboxylic acids is 3. The largest absolute Gasteiger partial charge is 0.466 e. The number of ether oxygens (including phenoxy) is 2. The monoisotopic (exact) mass is 359 g/mol. The van der Waals surface area contributed by atoms with Crippen molar-refractivity contribution in [2.75, 3.05) is 19.8 Å². The first-order valence-electron chi connectivity index (χ1n) is 8.71. The molecule has 1 heterocycles. The van der Waals surface area contributed by atoms with Gasteiger partial charge in [-0.3, -0.25) is 14.4 Å². The molecule has 4 unspecified atom stereocenters. The fourth-order valence-electron chi connectivity index (χ4n) is 3.58. The van der Waals surface area contributed by atoms with Gasteiger partial charge in [0, 0.05) is 11.8 Å². The average Bonchev–Trinajstić information content (AvgIpc) is 3.16. The number of hydrogen-bond donors (Lipinski definition) is 0. The summed E-state index contributed by atoms with van der Waals surface area (Å²) in [5.41, 5.74) is 0.562. The SMILES string of the molecule is C=CC1CC(C=C)C(C(=O)OCCN2C(=C)C=CC2=O)C1C(=O)OCC. The molecule has 0 N–H and O–H groups in total. The number of amides is 1. The number of hydrogen-bond acceptors (Lipinski definition) is 5. The number of rotatable bonds is 8. The Bertz CT molecular complexity index is 633. The maximum absolute atomic E-state index is 12.7.